The lowest BCUT2D eigenvalue weighted by Gasteiger charge is -2.16. The van der Waals surface area contributed by atoms with E-state index in [4.69, 9.17) is 0 Å². The molecule has 0 saturated carbocycles. The molecule has 28 heavy (non-hydrogen) atoms. The Morgan fingerprint density at radius 1 is 1.14 bits per heavy atom. The van der Waals surface area contributed by atoms with E-state index in [9.17, 15) is 0 Å². The van der Waals surface area contributed by atoms with Gasteiger partial charge in [0, 0.05) is 36.9 Å². The van der Waals surface area contributed by atoms with Gasteiger partial charge in [-0.15, -0.1) is 0 Å². The molecule has 2 aromatic rings. The smallest absolute Gasteiger partial charge is 0.0572 e. The van der Waals surface area contributed by atoms with Crippen LogP contribution in [0.1, 0.15) is 67.0 Å². The van der Waals surface area contributed by atoms with Crippen LogP contribution in [0.4, 0.5) is 5.69 Å². The first-order chi connectivity index (χ1) is 13.7. The molecule has 2 aliphatic rings. The number of pyridine rings is 1. The Labute approximate surface area is 167 Å². The molecule has 2 atom stereocenters. The number of aromatic nitrogens is 1. The molecule has 5 heteroatoms. The average molecular weight is 376 g/mol. The summed E-state index contributed by atoms with van der Waals surface area (Å²) in [5, 5.41) is 10.2. The van der Waals surface area contributed by atoms with Crippen LogP contribution in [0.15, 0.2) is 46.7 Å². The zero-order chi connectivity index (χ0) is 19.3. The maximum absolute atomic E-state index is 4.68. The second-order valence-electron chi connectivity index (χ2n) is 7.82. The topological polar surface area (TPSA) is 52.9 Å². The molecule has 0 fully saturated rings. The van der Waals surface area contributed by atoms with E-state index in [-0.39, 0.29) is 0 Å². The van der Waals surface area contributed by atoms with Crippen LogP contribution in [-0.2, 0) is 12.8 Å². The minimum atomic E-state index is 0.367. The lowest BCUT2D eigenvalue weighted by atomic mass is 9.90. The van der Waals surface area contributed by atoms with Gasteiger partial charge < -0.3 is 5.43 Å². The fraction of sp³-hybridized carbons (Fsp3) is 0.435. The molecule has 1 N–H and O–H groups in total. The molecule has 1 aromatic carbocycles. The van der Waals surface area contributed by atoms with Gasteiger partial charge >= 0.3 is 0 Å². The standard InChI is InChI=1S/C23H29N5/c1-17-23-21(24-14-12-22(23)27-28(17)2)10-4-7-18-6-3-8-20(16-18)19-9-5-13-25-26-15-11-19/h3,6,8,12-17,19,27H,4-5,7,9-11H2,1-2H3/b25-13+,26-15+. The summed E-state index contributed by atoms with van der Waals surface area (Å²) in [6.45, 7) is 2.23. The first-order valence-corrected chi connectivity index (χ1v) is 10.3. The van der Waals surface area contributed by atoms with Crippen molar-refractivity contribution in [2.24, 2.45) is 10.2 Å². The zero-order valence-corrected chi connectivity index (χ0v) is 16.8. The van der Waals surface area contributed by atoms with Crippen molar-refractivity contribution in [2.75, 3.05) is 12.5 Å². The minimum absolute atomic E-state index is 0.367. The molecular weight excluding hydrogens is 346 g/mol. The monoisotopic (exact) mass is 375 g/mol. The second kappa shape index (κ2) is 8.65. The molecule has 4 rings (SSSR count). The summed E-state index contributed by atoms with van der Waals surface area (Å²) in [7, 11) is 2.09. The first-order valence-electron chi connectivity index (χ1n) is 10.3. The molecular formula is C23H29N5. The SMILES string of the molecule is CC1c2c(ccnc2CCCc2cccc(C3C/C=N/N=C/CC3)c2)NN1C. The summed E-state index contributed by atoms with van der Waals surface area (Å²) >= 11 is 0. The quantitative estimate of drug-likeness (QED) is 0.807. The third-order valence-corrected chi connectivity index (χ3v) is 5.93. The lowest BCUT2D eigenvalue weighted by Crippen LogP contribution is -2.20. The van der Waals surface area contributed by atoms with Crippen LogP contribution < -0.4 is 5.43 Å². The van der Waals surface area contributed by atoms with E-state index in [2.05, 4.69) is 69.9 Å². The Hall–Kier alpha value is -2.53. The number of hydrogen-bond donors (Lipinski definition) is 1. The molecule has 0 amide bonds. The van der Waals surface area contributed by atoms with E-state index in [0.29, 0.717) is 12.0 Å². The van der Waals surface area contributed by atoms with Gasteiger partial charge in [-0.25, -0.2) is 5.01 Å². The van der Waals surface area contributed by atoms with Crippen LogP contribution in [0.25, 0.3) is 0 Å². The first kappa shape index (κ1) is 18.8. The maximum Gasteiger partial charge on any atom is 0.0572 e. The van der Waals surface area contributed by atoms with E-state index in [1.54, 1.807) is 0 Å². The van der Waals surface area contributed by atoms with Gasteiger partial charge in [0.15, 0.2) is 0 Å². The highest BCUT2D eigenvalue weighted by atomic mass is 15.5. The molecule has 0 radical (unpaired) electrons. The fourth-order valence-electron chi connectivity index (χ4n) is 4.25. The number of benzene rings is 1. The third kappa shape index (κ3) is 4.14. The lowest BCUT2D eigenvalue weighted by molar-refractivity contribution is 0.340. The van der Waals surface area contributed by atoms with Crippen molar-refractivity contribution in [1.29, 1.82) is 0 Å². The number of nitrogens with zero attached hydrogens (tertiary/aromatic N) is 4. The van der Waals surface area contributed by atoms with Crippen molar-refractivity contribution in [3.63, 3.8) is 0 Å². The predicted molar refractivity (Wildman–Crippen MR) is 116 cm³/mol. The van der Waals surface area contributed by atoms with Crippen molar-refractivity contribution in [1.82, 2.24) is 9.99 Å². The summed E-state index contributed by atoms with van der Waals surface area (Å²) in [4.78, 5) is 4.68. The number of rotatable bonds is 5. The fourth-order valence-corrected chi connectivity index (χ4v) is 4.25. The van der Waals surface area contributed by atoms with Gasteiger partial charge in [0.1, 0.15) is 0 Å². The van der Waals surface area contributed by atoms with E-state index >= 15 is 0 Å². The summed E-state index contributed by atoms with van der Waals surface area (Å²) < 4.78 is 0. The van der Waals surface area contributed by atoms with E-state index in [0.717, 1.165) is 38.5 Å². The molecule has 0 spiro atoms. The van der Waals surface area contributed by atoms with Gasteiger partial charge in [0.05, 0.1) is 11.7 Å². The van der Waals surface area contributed by atoms with Gasteiger partial charge in [0.2, 0.25) is 0 Å². The van der Waals surface area contributed by atoms with Crippen LogP contribution in [0.5, 0.6) is 0 Å². The average Bonchev–Trinajstić information content (AvgIpc) is 2.97. The summed E-state index contributed by atoms with van der Waals surface area (Å²) in [6, 6.07) is 11.5. The van der Waals surface area contributed by atoms with E-state index in [1.807, 2.05) is 18.6 Å². The number of hydrazine groups is 1. The molecule has 146 valence electrons. The Morgan fingerprint density at radius 3 is 2.96 bits per heavy atom. The van der Waals surface area contributed by atoms with Gasteiger partial charge in [-0.1, -0.05) is 24.3 Å². The summed E-state index contributed by atoms with van der Waals surface area (Å²) in [6.07, 6.45) is 12.1. The largest absolute Gasteiger partial charge is 0.318 e. The van der Waals surface area contributed by atoms with Crippen molar-refractivity contribution in [2.45, 2.75) is 57.4 Å². The summed E-state index contributed by atoms with van der Waals surface area (Å²) in [5.74, 6) is 0.539. The maximum atomic E-state index is 4.68. The Balaban J connectivity index is 1.40. The summed E-state index contributed by atoms with van der Waals surface area (Å²) in [5.41, 5.74) is 10.1. The van der Waals surface area contributed by atoms with Crippen LogP contribution >= 0.6 is 0 Å². The molecule has 0 bridgehead atoms. The van der Waals surface area contributed by atoms with Gasteiger partial charge in [-0.3, -0.25) is 4.98 Å². The van der Waals surface area contributed by atoms with Crippen molar-refractivity contribution in [3.8, 4) is 0 Å². The number of aryl methyl sites for hydroxylation is 2. The molecule has 2 unspecified atom stereocenters. The molecule has 1 aromatic heterocycles. The molecule has 0 aliphatic carbocycles. The van der Waals surface area contributed by atoms with Gasteiger partial charge in [0.25, 0.3) is 0 Å². The highest BCUT2D eigenvalue weighted by Gasteiger charge is 2.26. The van der Waals surface area contributed by atoms with E-state index < -0.39 is 0 Å². The second-order valence-corrected chi connectivity index (χ2v) is 7.82. The van der Waals surface area contributed by atoms with Gasteiger partial charge in [-0.05, 0) is 68.6 Å². The Kier molecular flexibility index (Phi) is 5.81. The zero-order valence-electron chi connectivity index (χ0n) is 16.8. The van der Waals surface area contributed by atoms with Crippen LogP contribution in [0.3, 0.4) is 0 Å². The number of fused-ring (bicyclic) bond motifs is 1. The Bertz CT molecular complexity index is 873. The molecule has 3 heterocycles. The Morgan fingerprint density at radius 2 is 2.04 bits per heavy atom. The van der Waals surface area contributed by atoms with Crippen molar-refractivity contribution < 1.29 is 0 Å². The van der Waals surface area contributed by atoms with Crippen LogP contribution in [0, 0.1) is 0 Å². The van der Waals surface area contributed by atoms with Gasteiger partial charge in [-0.2, -0.15) is 10.2 Å². The van der Waals surface area contributed by atoms with Crippen LogP contribution in [-0.4, -0.2) is 29.5 Å². The highest BCUT2D eigenvalue weighted by molar-refractivity contribution is 5.64. The number of anilines is 1. The highest BCUT2D eigenvalue weighted by Crippen LogP contribution is 2.35. The minimum Gasteiger partial charge on any atom is -0.318 e. The predicted octanol–water partition coefficient (Wildman–Crippen LogP) is 4.91. The molecule has 0 saturated heterocycles. The molecule has 5 nitrogen and oxygen atoms in total. The van der Waals surface area contributed by atoms with Crippen molar-refractivity contribution in [3.05, 3.63) is 58.9 Å². The number of hydrogen-bond acceptors (Lipinski definition) is 5. The molecule has 2 aliphatic heterocycles. The van der Waals surface area contributed by atoms with Crippen LogP contribution in [0.2, 0.25) is 0 Å². The normalized spacial score (nSPS) is 24.1. The third-order valence-electron chi connectivity index (χ3n) is 5.93. The van der Waals surface area contributed by atoms with E-state index in [1.165, 1.54) is 28.1 Å². The van der Waals surface area contributed by atoms with Crippen molar-refractivity contribution >= 4 is 18.1 Å². The number of nitrogens with one attached hydrogen (secondary N) is 1.